The number of hydrogen-bond donors (Lipinski definition) is 1. The van der Waals surface area contributed by atoms with E-state index in [1.807, 2.05) is 20.8 Å². The fourth-order valence-electron chi connectivity index (χ4n) is 2.21. The summed E-state index contributed by atoms with van der Waals surface area (Å²) >= 11 is 0. The highest BCUT2D eigenvalue weighted by molar-refractivity contribution is 7.91. The van der Waals surface area contributed by atoms with Gasteiger partial charge in [0.15, 0.2) is 9.84 Å². The monoisotopic (exact) mass is 269 g/mol. The number of aryl methyl sites for hydroxylation is 2. The molecule has 1 atom stereocenters. The molecule has 0 aliphatic carbocycles. The molecule has 1 saturated heterocycles. The summed E-state index contributed by atoms with van der Waals surface area (Å²) in [4.78, 5) is 8.65. The van der Waals surface area contributed by atoms with Gasteiger partial charge in [-0.3, -0.25) is 0 Å². The van der Waals surface area contributed by atoms with E-state index in [-0.39, 0.29) is 5.92 Å². The molecule has 5 nitrogen and oxygen atoms in total. The van der Waals surface area contributed by atoms with Crippen molar-refractivity contribution >= 4 is 15.7 Å². The van der Waals surface area contributed by atoms with Gasteiger partial charge in [0.2, 0.25) is 0 Å². The first-order valence-corrected chi connectivity index (χ1v) is 7.95. The zero-order chi connectivity index (χ0) is 13.3. The molecule has 0 radical (unpaired) electrons. The van der Waals surface area contributed by atoms with E-state index in [9.17, 15) is 8.42 Å². The topological polar surface area (TPSA) is 72.0 Å². The second-order valence-corrected chi connectivity index (χ2v) is 7.21. The van der Waals surface area contributed by atoms with Crippen molar-refractivity contribution in [1.82, 2.24) is 9.97 Å². The predicted molar refractivity (Wildman–Crippen MR) is 71.5 cm³/mol. The second-order valence-electron chi connectivity index (χ2n) is 4.98. The van der Waals surface area contributed by atoms with Crippen LogP contribution in [0.5, 0.6) is 0 Å². The Bertz CT molecular complexity index is 555. The molecule has 1 aliphatic heterocycles. The molecule has 0 saturated carbocycles. The summed E-state index contributed by atoms with van der Waals surface area (Å²) in [5, 5.41) is 3.26. The highest BCUT2D eigenvalue weighted by atomic mass is 32.2. The van der Waals surface area contributed by atoms with Crippen LogP contribution in [0.1, 0.15) is 23.5 Å². The van der Waals surface area contributed by atoms with Crippen LogP contribution in [-0.4, -0.2) is 36.4 Å². The Morgan fingerprint density at radius 3 is 2.61 bits per heavy atom. The van der Waals surface area contributed by atoms with Crippen molar-refractivity contribution < 1.29 is 8.42 Å². The summed E-state index contributed by atoms with van der Waals surface area (Å²) in [5.41, 5.74) is 1.99. The van der Waals surface area contributed by atoms with Crippen LogP contribution in [0.4, 0.5) is 5.82 Å². The van der Waals surface area contributed by atoms with Gasteiger partial charge in [-0.05, 0) is 33.1 Å². The molecular formula is C12H19N3O2S. The minimum Gasteiger partial charge on any atom is -0.369 e. The van der Waals surface area contributed by atoms with Gasteiger partial charge in [0.05, 0.1) is 11.5 Å². The van der Waals surface area contributed by atoms with Gasteiger partial charge in [-0.1, -0.05) is 0 Å². The minimum atomic E-state index is -2.80. The van der Waals surface area contributed by atoms with Gasteiger partial charge in [0.1, 0.15) is 11.6 Å². The first kappa shape index (κ1) is 13.3. The number of sulfone groups is 1. The van der Waals surface area contributed by atoms with Gasteiger partial charge in [0.25, 0.3) is 0 Å². The van der Waals surface area contributed by atoms with Crippen molar-refractivity contribution in [1.29, 1.82) is 0 Å². The Hall–Kier alpha value is -1.17. The number of aromatic nitrogens is 2. The van der Waals surface area contributed by atoms with E-state index in [4.69, 9.17) is 0 Å². The molecular weight excluding hydrogens is 250 g/mol. The molecule has 0 bridgehead atoms. The molecule has 1 N–H and O–H groups in total. The van der Waals surface area contributed by atoms with Crippen LogP contribution in [0.3, 0.4) is 0 Å². The van der Waals surface area contributed by atoms with E-state index in [2.05, 4.69) is 15.3 Å². The van der Waals surface area contributed by atoms with Crippen LogP contribution in [0.2, 0.25) is 0 Å². The van der Waals surface area contributed by atoms with Crippen LogP contribution < -0.4 is 5.32 Å². The molecule has 0 spiro atoms. The lowest BCUT2D eigenvalue weighted by Gasteiger charge is -2.13. The van der Waals surface area contributed by atoms with E-state index >= 15 is 0 Å². The Kier molecular flexibility index (Phi) is 3.56. The van der Waals surface area contributed by atoms with Crippen molar-refractivity contribution in [3.63, 3.8) is 0 Å². The maximum Gasteiger partial charge on any atom is 0.150 e. The van der Waals surface area contributed by atoms with Crippen LogP contribution in [0.15, 0.2) is 0 Å². The van der Waals surface area contributed by atoms with Gasteiger partial charge in [-0.15, -0.1) is 0 Å². The number of anilines is 1. The molecule has 0 aromatic carbocycles. The number of nitrogens with zero attached hydrogens (tertiary/aromatic N) is 2. The van der Waals surface area contributed by atoms with E-state index in [0.29, 0.717) is 18.1 Å². The van der Waals surface area contributed by atoms with Crippen LogP contribution in [-0.2, 0) is 9.84 Å². The van der Waals surface area contributed by atoms with Gasteiger partial charge in [-0.2, -0.15) is 0 Å². The third kappa shape index (κ3) is 2.98. The third-order valence-electron chi connectivity index (χ3n) is 3.39. The summed E-state index contributed by atoms with van der Waals surface area (Å²) < 4.78 is 22.7. The second kappa shape index (κ2) is 4.84. The lowest BCUT2D eigenvalue weighted by atomic mass is 10.1. The highest BCUT2D eigenvalue weighted by Crippen LogP contribution is 2.20. The third-order valence-corrected chi connectivity index (χ3v) is 5.22. The van der Waals surface area contributed by atoms with Gasteiger partial charge in [0, 0.05) is 17.8 Å². The van der Waals surface area contributed by atoms with E-state index in [1.165, 1.54) is 0 Å². The normalized spacial score (nSPS) is 22.1. The molecule has 0 amide bonds. The molecule has 100 valence electrons. The molecule has 1 aromatic heterocycles. The van der Waals surface area contributed by atoms with Crippen molar-refractivity contribution in [2.75, 3.05) is 23.4 Å². The maximum absolute atomic E-state index is 11.4. The summed E-state index contributed by atoms with van der Waals surface area (Å²) in [5.74, 6) is 2.37. The van der Waals surface area contributed by atoms with Crippen molar-refractivity contribution in [2.45, 2.75) is 27.2 Å². The fraction of sp³-hybridized carbons (Fsp3) is 0.667. The standard InChI is InChI=1S/C12H19N3O2S/c1-8-9(2)14-10(3)15-12(8)13-6-11-4-5-18(16,17)7-11/h11H,4-7H2,1-3H3,(H,13,14,15). The first-order valence-electron chi connectivity index (χ1n) is 6.13. The lowest BCUT2D eigenvalue weighted by molar-refractivity contribution is 0.595. The van der Waals surface area contributed by atoms with Crippen molar-refractivity contribution in [2.24, 2.45) is 5.92 Å². The largest absolute Gasteiger partial charge is 0.369 e. The lowest BCUT2D eigenvalue weighted by Crippen LogP contribution is -2.17. The molecule has 1 aliphatic rings. The van der Waals surface area contributed by atoms with Gasteiger partial charge >= 0.3 is 0 Å². The average Bonchev–Trinajstić information content (AvgIpc) is 2.61. The summed E-state index contributed by atoms with van der Waals surface area (Å²) in [6.45, 7) is 6.45. The maximum atomic E-state index is 11.4. The van der Waals surface area contributed by atoms with Crippen molar-refractivity contribution in [3.8, 4) is 0 Å². The molecule has 2 heterocycles. The van der Waals surface area contributed by atoms with Crippen LogP contribution in [0, 0.1) is 26.7 Å². The average molecular weight is 269 g/mol. The zero-order valence-electron chi connectivity index (χ0n) is 11.0. The molecule has 1 aromatic rings. The molecule has 1 fully saturated rings. The first-order chi connectivity index (χ1) is 8.37. The van der Waals surface area contributed by atoms with E-state index in [1.54, 1.807) is 0 Å². The van der Waals surface area contributed by atoms with Gasteiger partial charge < -0.3 is 5.32 Å². The number of hydrogen-bond acceptors (Lipinski definition) is 5. The molecule has 18 heavy (non-hydrogen) atoms. The molecule has 1 unspecified atom stereocenters. The predicted octanol–water partition coefficient (Wildman–Crippen LogP) is 1.25. The summed E-state index contributed by atoms with van der Waals surface area (Å²) in [7, 11) is -2.80. The smallest absolute Gasteiger partial charge is 0.150 e. The Labute approximate surface area is 108 Å². The highest BCUT2D eigenvalue weighted by Gasteiger charge is 2.27. The minimum absolute atomic E-state index is 0.199. The molecule has 2 rings (SSSR count). The van der Waals surface area contributed by atoms with Crippen molar-refractivity contribution in [3.05, 3.63) is 17.1 Å². The Balaban J connectivity index is 2.03. The number of rotatable bonds is 3. The summed E-state index contributed by atoms with van der Waals surface area (Å²) in [6, 6.07) is 0. The zero-order valence-corrected chi connectivity index (χ0v) is 11.8. The van der Waals surface area contributed by atoms with E-state index in [0.717, 1.165) is 29.3 Å². The SMILES string of the molecule is Cc1nc(C)c(C)c(NCC2CCS(=O)(=O)C2)n1. The Morgan fingerprint density at radius 2 is 2.00 bits per heavy atom. The van der Waals surface area contributed by atoms with Gasteiger partial charge in [-0.25, -0.2) is 18.4 Å². The van der Waals surface area contributed by atoms with E-state index < -0.39 is 9.84 Å². The Morgan fingerprint density at radius 1 is 1.28 bits per heavy atom. The van der Waals surface area contributed by atoms with Crippen LogP contribution >= 0.6 is 0 Å². The van der Waals surface area contributed by atoms with Crippen LogP contribution in [0.25, 0.3) is 0 Å². The molecule has 6 heteroatoms. The quantitative estimate of drug-likeness (QED) is 0.894. The fourth-order valence-corrected chi connectivity index (χ4v) is 4.08. The summed E-state index contributed by atoms with van der Waals surface area (Å²) in [6.07, 6.45) is 0.747. The number of nitrogens with one attached hydrogen (secondary N) is 1.